The molecule has 1 atom stereocenters. The van der Waals surface area contributed by atoms with E-state index in [2.05, 4.69) is 40.6 Å². The van der Waals surface area contributed by atoms with Gasteiger partial charge in [0.15, 0.2) is 0 Å². The van der Waals surface area contributed by atoms with Gasteiger partial charge in [-0.1, -0.05) is 30.3 Å². The van der Waals surface area contributed by atoms with Crippen molar-refractivity contribution in [2.24, 2.45) is 0 Å². The Labute approximate surface area is 145 Å². The molecule has 1 aliphatic carbocycles. The number of fused-ring (bicyclic) bond motifs is 3. The fraction of sp³-hybridized carbons (Fsp3) is 0.200. The molecule has 3 nitrogen and oxygen atoms in total. The van der Waals surface area contributed by atoms with E-state index in [0.717, 1.165) is 23.3 Å². The van der Waals surface area contributed by atoms with Crippen LogP contribution in [0.5, 0.6) is 0 Å². The third-order valence-electron chi connectivity index (χ3n) is 4.49. The number of thiophene rings is 1. The number of carbonyl (C=O) groups excluding carboxylic acids is 1. The fourth-order valence-corrected chi connectivity index (χ4v) is 4.34. The largest absolute Gasteiger partial charge is 0.345 e. The normalized spacial score (nSPS) is 13.7. The Balaban J connectivity index is 1.58. The van der Waals surface area contributed by atoms with Gasteiger partial charge in [0.05, 0.1) is 10.9 Å². The summed E-state index contributed by atoms with van der Waals surface area (Å²) in [6.07, 6.45) is 5.59. The second-order valence-electron chi connectivity index (χ2n) is 6.10. The Bertz CT molecular complexity index is 886. The molecule has 0 aliphatic heterocycles. The van der Waals surface area contributed by atoms with Gasteiger partial charge in [0.25, 0.3) is 5.91 Å². The van der Waals surface area contributed by atoms with Crippen LogP contribution in [0.1, 0.15) is 39.3 Å². The van der Waals surface area contributed by atoms with Crippen molar-refractivity contribution in [3.8, 4) is 10.4 Å². The molecule has 24 heavy (non-hydrogen) atoms. The summed E-state index contributed by atoms with van der Waals surface area (Å²) in [5, 5.41) is 3.08. The predicted octanol–water partition coefficient (Wildman–Crippen LogP) is 4.40. The lowest BCUT2D eigenvalue weighted by atomic mass is 9.91. The third kappa shape index (κ3) is 2.74. The van der Waals surface area contributed by atoms with E-state index in [1.807, 2.05) is 19.1 Å². The molecule has 4 heteroatoms. The lowest BCUT2D eigenvalue weighted by Crippen LogP contribution is -2.25. The number of aryl methyl sites for hydroxylation is 2. The first-order valence-electron chi connectivity index (χ1n) is 8.14. The van der Waals surface area contributed by atoms with E-state index < -0.39 is 0 Å². The minimum Gasteiger partial charge on any atom is -0.345 e. The van der Waals surface area contributed by atoms with Gasteiger partial charge >= 0.3 is 0 Å². The minimum atomic E-state index is -0.0578. The first kappa shape index (κ1) is 15.1. The minimum absolute atomic E-state index is 0.0109. The second-order valence-corrected chi connectivity index (χ2v) is 7.16. The maximum Gasteiger partial charge on any atom is 0.261 e. The van der Waals surface area contributed by atoms with Crippen LogP contribution in [0.25, 0.3) is 10.4 Å². The summed E-state index contributed by atoms with van der Waals surface area (Å²) in [4.78, 5) is 18.8. The van der Waals surface area contributed by atoms with Crippen molar-refractivity contribution in [2.75, 3.05) is 0 Å². The lowest BCUT2D eigenvalue weighted by molar-refractivity contribution is 0.0944. The van der Waals surface area contributed by atoms with E-state index >= 15 is 0 Å². The molecule has 120 valence electrons. The smallest absolute Gasteiger partial charge is 0.261 e. The van der Waals surface area contributed by atoms with Crippen LogP contribution in [0.2, 0.25) is 0 Å². The number of aromatic nitrogens is 1. The van der Waals surface area contributed by atoms with Gasteiger partial charge in [-0.25, -0.2) is 0 Å². The Morgan fingerprint density at radius 1 is 1.17 bits per heavy atom. The van der Waals surface area contributed by atoms with Gasteiger partial charge < -0.3 is 5.32 Å². The first-order chi connectivity index (χ1) is 11.7. The first-order valence-corrected chi connectivity index (χ1v) is 8.96. The molecule has 0 radical (unpaired) electrons. The molecule has 2 aromatic heterocycles. The van der Waals surface area contributed by atoms with Gasteiger partial charge in [-0.3, -0.25) is 9.78 Å². The zero-order valence-electron chi connectivity index (χ0n) is 13.5. The van der Waals surface area contributed by atoms with E-state index in [1.165, 1.54) is 21.6 Å². The fourth-order valence-electron chi connectivity index (χ4n) is 3.17. The highest BCUT2D eigenvalue weighted by molar-refractivity contribution is 7.17. The number of nitrogens with zero attached hydrogens (tertiary/aromatic N) is 1. The van der Waals surface area contributed by atoms with E-state index in [1.54, 1.807) is 23.7 Å². The molecule has 0 bridgehead atoms. The van der Waals surface area contributed by atoms with Crippen molar-refractivity contribution in [3.05, 3.63) is 76.4 Å². The maximum absolute atomic E-state index is 12.6. The molecule has 1 unspecified atom stereocenters. The molecule has 1 amide bonds. The maximum atomic E-state index is 12.6. The molecular weight excluding hydrogens is 316 g/mol. The number of rotatable bonds is 3. The van der Waals surface area contributed by atoms with Crippen molar-refractivity contribution >= 4 is 17.2 Å². The summed E-state index contributed by atoms with van der Waals surface area (Å²) in [7, 11) is 0. The van der Waals surface area contributed by atoms with Crippen molar-refractivity contribution < 1.29 is 4.79 Å². The number of amides is 1. The van der Waals surface area contributed by atoms with Crippen LogP contribution in [0.4, 0.5) is 0 Å². The summed E-state index contributed by atoms with van der Waals surface area (Å²) in [5.41, 5.74) is 4.96. The van der Waals surface area contributed by atoms with Crippen LogP contribution < -0.4 is 5.32 Å². The number of nitrogens with one attached hydrogen (secondary N) is 1. The Morgan fingerprint density at radius 3 is 2.83 bits per heavy atom. The van der Waals surface area contributed by atoms with Gasteiger partial charge in [0, 0.05) is 17.3 Å². The number of hydrogen-bond donors (Lipinski definition) is 1. The topological polar surface area (TPSA) is 42.0 Å². The molecule has 0 fully saturated rings. The van der Waals surface area contributed by atoms with E-state index in [9.17, 15) is 4.79 Å². The zero-order chi connectivity index (χ0) is 16.5. The average molecular weight is 334 g/mol. The van der Waals surface area contributed by atoms with E-state index in [4.69, 9.17) is 0 Å². The lowest BCUT2D eigenvalue weighted by Gasteiger charge is -2.15. The van der Waals surface area contributed by atoms with Gasteiger partial charge in [0.2, 0.25) is 0 Å². The van der Waals surface area contributed by atoms with Crippen molar-refractivity contribution in [1.82, 2.24) is 10.3 Å². The standard InChI is InChI=1S/C20H18N2OS/c1-13(16-6-4-10-21-12-16)22-20(23)18-11-15-9-8-14-5-2-3-7-17(14)19(15)24-18/h2-7,10-13H,8-9H2,1H3,(H,22,23). The van der Waals surface area contributed by atoms with Gasteiger partial charge in [-0.2, -0.15) is 0 Å². The highest BCUT2D eigenvalue weighted by Crippen LogP contribution is 2.39. The number of pyridine rings is 1. The Morgan fingerprint density at radius 2 is 2.00 bits per heavy atom. The van der Waals surface area contributed by atoms with Gasteiger partial charge in [-0.15, -0.1) is 11.3 Å². The highest BCUT2D eigenvalue weighted by atomic mass is 32.1. The molecule has 1 aliphatic rings. The molecule has 2 heterocycles. The SMILES string of the molecule is CC(NC(=O)c1cc2c(s1)-c1ccccc1CC2)c1cccnc1. The van der Waals surface area contributed by atoms with Crippen molar-refractivity contribution in [2.45, 2.75) is 25.8 Å². The average Bonchev–Trinajstić information content (AvgIpc) is 3.07. The van der Waals surface area contributed by atoms with E-state index in [-0.39, 0.29) is 11.9 Å². The number of carbonyl (C=O) groups is 1. The summed E-state index contributed by atoms with van der Waals surface area (Å²) in [6.45, 7) is 1.98. The molecule has 3 aromatic rings. The number of benzene rings is 1. The summed E-state index contributed by atoms with van der Waals surface area (Å²) >= 11 is 1.60. The number of hydrogen-bond acceptors (Lipinski definition) is 3. The quantitative estimate of drug-likeness (QED) is 0.771. The summed E-state index contributed by atoms with van der Waals surface area (Å²) in [6, 6.07) is 14.4. The molecule has 1 aromatic carbocycles. The van der Waals surface area contributed by atoms with Crippen molar-refractivity contribution in [1.29, 1.82) is 0 Å². The van der Waals surface area contributed by atoms with Crippen LogP contribution in [-0.4, -0.2) is 10.9 Å². The molecular formula is C20H18N2OS. The Kier molecular flexibility index (Phi) is 3.90. The van der Waals surface area contributed by atoms with Gasteiger partial charge in [0.1, 0.15) is 0 Å². The second kappa shape index (κ2) is 6.21. The third-order valence-corrected chi connectivity index (χ3v) is 5.70. The highest BCUT2D eigenvalue weighted by Gasteiger charge is 2.22. The van der Waals surface area contributed by atoms with Crippen LogP contribution in [-0.2, 0) is 12.8 Å². The molecule has 0 saturated heterocycles. The van der Waals surface area contributed by atoms with Crippen LogP contribution >= 0.6 is 11.3 Å². The summed E-state index contributed by atoms with van der Waals surface area (Å²) < 4.78 is 0. The van der Waals surface area contributed by atoms with Crippen LogP contribution in [0, 0.1) is 0 Å². The molecule has 1 N–H and O–H groups in total. The van der Waals surface area contributed by atoms with Crippen molar-refractivity contribution in [3.63, 3.8) is 0 Å². The molecule has 0 saturated carbocycles. The van der Waals surface area contributed by atoms with Gasteiger partial charge in [-0.05, 0) is 54.2 Å². The molecule has 4 rings (SSSR count). The monoisotopic (exact) mass is 334 g/mol. The molecule has 0 spiro atoms. The van der Waals surface area contributed by atoms with E-state index in [0.29, 0.717) is 0 Å². The Hall–Kier alpha value is -2.46. The zero-order valence-corrected chi connectivity index (χ0v) is 14.3. The summed E-state index contributed by atoms with van der Waals surface area (Å²) in [5.74, 6) is -0.0109. The predicted molar refractivity (Wildman–Crippen MR) is 97.3 cm³/mol. The van der Waals surface area contributed by atoms with Crippen LogP contribution in [0.3, 0.4) is 0 Å². The van der Waals surface area contributed by atoms with Crippen LogP contribution in [0.15, 0.2) is 54.9 Å².